The van der Waals surface area contributed by atoms with E-state index in [1.165, 1.54) is 0 Å². The smallest absolute Gasteiger partial charge is 0.211 e. The van der Waals surface area contributed by atoms with Gasteiger partial charge in [-0.05, 0) is 30.3 Å². The Hall–Kier alpha value is -1.91. The summed E-state index contributed by atoms with van der Waals surface area (Å²) in [5.41, 5.74) is 2.51. The molecule has 0 bridgehead atoms. The molecule has 0 aliphatic rings. The topological polar surface area (TPSA) is 42.0 Å². The van der Waals surface area contributed by atoms with E-state index < -0.39 is 0 Å². The molecule has 1 amide bonds. The third-order valence-electron chi connectivity index (χ3n) is 2.72. The fourth-order valence-corrected chi connectivity index (χ4v) is 3.16. The summed E-state index contributed by atoms with van der Waals surface area (Å²) >= 11 is 7.84. The van der Waals surface area contributed by atoms with Gasteiger partial charge in [-0.25, -0.2) is 4.98 Å². The number of nitrogens with zero attached hydrogens (tertiary/aromatic N) is 1. The Labute approximate surface area is 118 Å². The zero-order valence-electron chi connectivity index (χ0n) is 9.76. The molecule has 0 atom stereocenters. The van der Waals surface area contributed by atoms with E-state index >= 15 is 0 Å². The van der Waals surface area contributed by atoms with E-state index in [2.05, 4.69) is 10.3 Å². The second-order valence-electron chi connectivity index (χ2n) is 3.94. The standard InChI is InChI=1S/C14H9ClN2OS/c15-11-7-9(16-8-18)5-6-10(11)14-17-12-3-1-2-4-13(12)19-14/h1-8H,(H,16,18). The lowest BCUT2D eigenvalue weighted by atomic mass is 10.2. The number of carbonyl (C=O) groups excluding carboxylic acids is 1. The van der Waals surface area contributed by atoms with Gasteiger partial charge in [-0.1, -0.05) is 23.7 Å². The van der Waals surface area contributed by atoms with Crippen molar-refractivity contribution in [3.05, 3.63) is 47.5 Å². The molecule has 0 saturated carbocycles. The van der Waals surface area contributed by atoms with E-state index in [4.69, 9.17) is 11.6 Å². The van der Waals surface area contributed by atoms with E-state index in [0.717, 1.165) is 20.8 Å². The second-order valence-corrected chi connectivity index (χ2v) is 5.38. The summed E-state index contributed by atoms with van der Waals surface area (Å²) in [6.07, 6.45) is 0.628. The fourth-order valence-electron chi connectivity index (χ4n) is 1.83. The van der Waals surface area contributed by atoms with Crippen molar-refractivity contribution in [2.45, 2.75) is 0 Å². The zero-order valence-corrected chi connectivity index (χ0v) is 11.3. The number of rotatable bonds is 3. The number of para-hydroxylation sites is 1. The summed E-state index contributed by atoms with van der Waals surface area (Å²) in [4.78, 5) is 15.0. The Morgan fingerprint density at radius 1 is 1.21 bits per heavy atom. The lowest BCUT2D eigenvalue weighted by molar-refractivity contribution is -0.105. The van der Waals surface area contributed by atoms with Gasteiger partial charge in [0.1, 0.15) is 5.01 Å². The fraction of sp³-hybridized carbons (Fsp3) is 0. The minimum Gasteiger partial charge on any atom is -0.329 e. The molecule has 0 aliphatic heterocycles. The summed E-state index contributed by atoms with van der Waals surface area (Å²) in [6.45, 7) is 0. The average Bonchev–Trinajstić information content (AvgIpc) is 2.82. The monoisotopic (exact) mass is 288 g/mol. The molecule has 1 aromatic heterocycles. The second kappa shape index (κ2) is 4.99. The predicted octanol–water partition coefficient (Wildman–Crippen LogP) is 4.19. The van der Waals surface area contributed by atoms with Crippen molar-refractivity contribution in [3.63, 3.8) is 0 Å². The first-order valence-corrected chi connectivity index (χ1v) is 6.83. The van der Waals surface area contributed by atoms with Crippen LogP contribution in [0.4, 0.5) is 5.69 Å². The van der Waals surface area contributed by atoms with Gasteiger partial charge in [0.05, 0.1) is 15.2 Å². The highest BCUT2D eigenvalue weighted by atomic mass is 35.5. The van der Waals surface area contributed by atoms with E-state index in [1.54, 1.807) is 17.4 Å². The highest BCUT2D eigenvalue weighted by molar-refractivity contribution is 7.21. The molecule has 3 aromatic rings. The number of thiazole rings is 1. The summed E-state index contributed by atoms with van der Waals surface area (Å²) in [5, 5.41) is 4.03. The van der Waals surface area contributed by atoms with Crippen LogP contribution in [0.5, 0.6) is 0 Å². The molecule has 94 valence electrons. The molecule has 2 aromatic carbocycles. The van der Waals surface area contributed by atoms with Crippen LogP contribution in [0.2, 0.25) is 5.02 Å². The van der Waals surface area contributed by atoms with Crippen molar-refractivity contribution < 1.29 is 4.79 Å². The van der Waals surface area contributed by atoms with Crippen LogP contribution in [0, 0.1) is 0 Å². The number of amides is 1. The SMILES string of the molecule is O=CNc1ccc(-c2nc3ccccc3s2)c(Cl)c1. The van der Waals surface area contributed by atoms with E-state index in [1.807, 2.05) is 36.4 Å². The quantitative estimate of drug-likeness (QED) is 0.735. The molecule has 0 unspecified atom stereocenters. The Morgan fingerprint density at radius 2 is 2.05 bits per heavy atom. The Bertz CT molecular complexity index is 721. The van der Waals surface area contributed by atoms with Crippen LogP contribution in [0.3, 0.4) is 0 Å². The molecule has 1 N–H and O–H groups in total. The zero-order chi connectivity index (χ0) is 13.2. The maximum absolute atomic E-state index is 10.4. The first-order valence-electron chi connectivity index (χ1n) is 5.63. The van der Waals surface area contributed by atoms with Crippen molar-refractivity contribution in [2.24, 2.45) is 0 Å². The van der Waals surface area contributed by atoms with Gasteiger partial charge in [0, 0.05) is 11.3 Å². The molecule has 1 heterocycles. The number of fused-ring (bicyclic) bond motifs is 1. The van der Waals surface area contributed by atoms with Crippen LogP contribution in [-0.2, 0) is 4.79 Å². The highest BCUT2D eigenvalue weighted by Crippen LogP contribution is 2.35. The number of aromatic nitrogens is 1. The minimum atomic E-state index is 0.575. The molecule has 0 fully saturated rings. The van der Waals surface area contributed by atoms with Crippen LogP contribution < -0.4 is 5.32 Å². The van der Waals surface area contributed by atoms with Gasteiger partial charge in [0.15, 0.2) is 0 Å². The van der Waals surface area contributed by atoms with Crippen molar-refractivity contribution in [1.82, 2.24) is 4.98 Å². The summed E-state index contributed by atoms with van der Waals surface area (Å²) in [6, 6.07) is 13.4. The van der Waals surface area contributed by atoms with Gasteiger partial charge in [-0.15, -0.1) is 11.3 Å². The first kappa shape index (κ1) is 12.1. The summed E-state index contributed by atoms with van der Waals surface area (Å²) in [5.74, 6) is 0. The van der Waals surface area contributed by atoms with Crippen LogP contribution >= 0.6 is 22.9 Å². The van der Waals surface area contributed by atoms with Gasteiger partial charge in [-0.2, -0.15) is 0 Å². The summed E-state index contributed by atoms with van der Waals surface area (Å²) < 4.78 is 1.13. The van der Waals surface area contributed by atoms with Gasteiger partial charge < -0.3 is 5.32 Å². The molecule has 19 heavy (non-hydrogen) atoms. The van der Waals surface area contributed by atoms with Crippen LogP contribution in [0.1, 0.15) is 0 Å². The van der Waals surface area contributed by atoms with Crippen LogP contribution in [-0.4, -0.2) is 11.4 Å². The number of halogens is 1. The lowest BCUT2D eigenvalue weighted by Gasteiger charge is -2.03. The molecule has 5 heteroatoms. The number of hydrogen-bond donors (Lipinski definition) is 1. The Morgan fingerprint density at radius 3 is 2.79 bits per heavy atom. The molecule has 0 aliphatic carbocycles. The third-order valence-corrected chi connectivity index (χ3v) is 4.10. The Kier molecular flexibility index (Phi) is 3.19. The maximum atomic E-state index is 10.4. The van der Waals surface area contributed by atoms with Crippen molar-refractivity contribution in [1.29, 1.82) is 0 Å². The van der Waals surface area contributed by atoms with Gasteiger partial charge >= 0.3 is 0 Å². The first-order chi connectivity index (χ1) is 9.28. The van der Waals surface area contributed by atoms with E-state index in [0.29, 0.717) is 17.1 Å². The maximum Gasteiger partial charge on any atom is 0.211 e. The predicted molar refractivity (Wildman–Crippen MR) is 79.8 cm³/mol. The highest BCUT2D eigenvalue weighted by Gasteiger charge is 2.09. The molecular formula is C14H9ClN2OS. The molecule has 3 rings (SSSR count). The molecule has 0 radical (unpaired) electrons. The largest absolute Gasteiger partial charge is 0.329 e. The average molecular weight is 289 g/mol. The van der Waals surface area contributed by atoms with Crippen molar-refractivity contribution >= 4 is 45.3 Å². The van der Waals surface area contributed by atoms with E-state index in [-0.39, 0.29) is 0 Å². The van der Waals surface area contributed by atoms with Gasteiger partial charge in [-0.3, -0.25) is 4.79 Å². The number of benzene rings is 2. The van der Waals surface area contributed by atoms with Gasteiger partial charge in [0.25, 0.3) is 0 Å². The Balaban J connectivity index is 2.08. The lowest BCUT2D eigenvalue weighted by Crippen LogP contribution is -1.93. The van der Waals surface area contributed by atoms with Gasteiger partial charge in [0.2, 0.25) is 6.41 Å². The van der Waals surface area contributed by atoms with Crippen LogP contribution in [0.25, 0.3) is 20.8 Å². The van der Waals surface area contributed by atoms with Crippen molar-refractivity contribution in [3.8, 4) is 10.6 Å². The summed E-state index contributed by atoms with van der Waals surface area (Å²) in [7, 11) is 0. The molecular weight excluding hydrogens is 280 g/mol. The molecule has 0 spiro atoms. The third kappa shape index (κ3) is 2.32. The minimum absolute atomic E-state index is 0.575. The normalized spacial score (nSPS) is 10.6. The number of carbonyl (C=O) groups is 1. The number of anilines is 1. The van der Waals surface area contributed by atoms with Crippen molar-refractivity contribution in [2.75, 3.05) is 5.32 Å². The number of nitrogens with one attached hydrogen (secondary N) is 1. The molecule has 0 saturated heterocycles. The van der Waals surface area contributed by atoms with E-state index in [9.17, 15) is 4.79 Å². The molecule has 3 nitrogen and oxygen atoms in total. The van der Waals surface area contributed by atoms with Crippen LogP contribution in [0.15, 0.2) is 42.5 Å². The number of hydrogen-bond acceptors (Lipinski definition) is 3.